The van der Waals surface area contributed by atoms with E-state index in [1.54, 1.807) is 18.3 Å². The number of hydrogen-bond donors (Lipinski definition) is 1. The fourth-order valence-electron chi connectivity index (χ4n) is 1.92. The smallest absolute Gasteiger partial charge is 0.139 e. The zero-order chi connectivity index (χ0) is 12.7. The highest BCUT2D eigenvalue weighted by atomic mass is 19.1. The van der Waals surface area contributed by atoms with Crippen molar-refractivity contribution >= 4 is 16.8 Å². The number of pyridine rings is 1. The maximum absolute atomic E-state index is 13.1. The lowest BCUT2D eigenvalue weighted by Gasteiger charge is -2.01. The summed E-state index contributed by atoms with van der Waals surface area (Å²) in [6.07, 6.45) is 1.70. The van der Waals surface area contributed by atoms with E-state index in [-0.39, 0.29) is 5.82 Å². The monoisotopic (exact) mass is 242 g/mol. The summed E-state index contributed by atoms with van der Waals surface area (Å²) in [5.74, 6) is 0.717. The zero-order valence-electron chi connectivity index (χ0n) is 9.77. The molecule has 0 spiro atoms. The van der Waals surface area contributed by atoms with Gasteiger partial charge in [-0.2, -0.15) is 0 Å². The lowest BCUT2D eigenvalue weighted by Crippen LogP contribution is -1.93. The minimum absolute atomic E-state index is 0.287. The number of aryl methyl sites for hydroxylation is 1. The number of nitrogens with two attached hydrogens (primary N) is 1. The van der Waals surface area contributed by atoms with Gasteiger partial charge in [0.25, 0.3) is 0 Å². The molecule has 0 radical (unpaired) electrons. The molecule has 3 rings (SSSR count). The van der Waals surface area contributed by atoms with Crippen molar-refractivity contribution in [2.45, 2.75) is 6.92 Å². The third-order valence-electron chi connectivity index (χ3n) is 2.80. The van der Waals surface area contributed by atoms with Crippen molar-refractivity contribution in [2.24, 2.45) is 0 Å². The molecule has 0 aliphatic heterocycles. The second-order valence-electron chi connectivity index (χ2n) is 4.24. The molecule has 3 nitrogen and oxygen atoms in total. The van der Waals surface area contributed by atoms with Crippen LogP contribution in [0.5, 0.6) is 0 Å². The molecule has 3 aromatic rings. The van der Waals surface area contributed by atoms with Crippen LogP contribution in [0.4, 0.5) is 10.2 Å². The fourth-order valence-corrected chi connectivity index (χ4v) is 1.92. The van der Waals surface area contributed by atoms with Crippen molar-refractivity contribution in [1.82, 2.24) is 4.98 Å². The van der Waals surface area contributed by atoms with E-state index in [4.69, 9.17) is 10.2 Å². The van der Waals surface area contributed by atoms with E-state index in [2.05, 4.69) is 4.98 Å². The number of fused-ring (bicyclic) bond motifs is 1. The van der Waals surface area contributed by atoms with E-state index < -0.39 is 0 Å². The lowest BCUT2D eigenvalue weighted by molar-refractivity contribution is 0.619. The number of aromatic nitrogens is 1. The molecule has 0 fully saturated rings. The fraction of sp³-hybridized carbons (Fsp3) is 0.0714. The first-order chi connectivity index (χ1) is 8.63. The van der Waals surface area contributed by atoms with E-state index in [0.717, 1.165) is 11.1 Å². The summed E-state index contributed by atoms with van der Waals surface area (Å²) in [4.78, 5) is 4.09. The van der Waals surface area contributed by atoms with Gasteiger partial charge in [-0.25, -0.2) is 9.37 Å². The van der Waals surface area contributed by atoms with Gasteiger partial charge < -0.3 is 10.2 Å². The summed E-state index contributed by atoms with van der Waals surface area (Å²) in [7, 11) is 0. The highest BCUT2D eigenvalue weighted by Crippen LogP contribution is 2.31. The predicted octanol–water partition coefficient (Wildman–Crippen LogP) is 3.52. The quantitative estimate of drug-likeness (QED) is 0.710. The van der Waals surface area contributed by atoms with Gasteiger partial charge in [0, 0.05) is 11.6 Å². The minimum atomic E-state index is -0.287. The van der Waals surface area contributed by atoms with Crippen molar-refractivity contribution in [2.75, 3.05) is 5.73 Å². The normalized spacial score (nSPS) is 11.0. The first-order valence-corrected chi connectivity index (χ1v) is 5.55. The van der Waals surface area contributed by atoms with Gasteiger partial charge >= 0.3 is 0 Å². The number of hydrogen-bond acceptors (Lipinski definition) is 3. The second-order valence-corrected chi connectivity index (χ2v) is 4.24. The molecule has 0 aliphatic carbocycles. The van der Waals surface area contributed by atoms with Crippen molar-refractivity contribution in [3.63, 3.8) is 0 Å². The van der Waals surface area contributed by atoms with Gasteiger partial charge in [-0.1, -0.05) is 0 Å². The number of anilines is 1. The highest BCUT2D eigenvalue weighted by Gasteiger charge is 2.10. The first-order valence-electron chi connectivity index (χ1n) is 5.55. The Morgan fingerprint density at radius 1 is 1.22 bits per heavy atom. The Hall–Kier alpha value is -2.36. The number of furan rings is 1. The van der Waals surface area contributed by atoms with Gasteiger partial charge in [0.05, 0.1) is 5.56 Å². The third kappa shape index (κ3) is 1.72. The van der Waals surface area contributed by atoms with E-state index >= 15 is 0 Å². The number of nitrogen functional groups attached to an aromatic ring is 1. The maximum atomic E-state index is 13.1. The van der Waals surface area contributed by atoms with Crippen LogP contribution in [0.3, 0.4) is 0 Å². The van der Waals surface area contributed by atoms with Crippen molar-refractivity contribution in [3.05, 3.63) is 47.9 Å². The van der Waals surface area contributed by atoms with E-state index in [1.165, 1.54) is 12.1 Å². The lowest BCUT2D eigenvalue weighted by atomic mass is 10.1. The first kappa shape index (κ1) is 10.8. The molecule has 0 unspecified atom stereocenters. The number of rotatable bonds is 1. The predicted molar refractivity (Wildman–Crippen MR) is 68.6 cm³/mol. The number of halogens is 1. The maximum Gasteiger partial charge on any atom is 0.139 e. The van der Waals surface area contributed by atoms with Gasteiger partial charge in [0.1, 0.15) is 23.0 Å². The Morgan fingerprint density at radius 3 is 2.89 bits per heavy atom. The summed E-state index contributed by atoms with van der Waals surface area (Å²) in [6.45, 7) is 1.93. The molecule has 90 valence electrons. The second kappa shape index (κ2) is 3.84. The van der Waals surface area contributed by atoms with Crippen LogP contribution in [0.1, 0.15) is 5.56 Å². The summed E-state index contributed by atoms with van der Waals surface area (Å²) in [5.41, 5.74) is 8.18. The molecule has 0 bridgehead atoms. The van der Waals surface area contributed by atoms with Crippen LogP contribution in [-0.4, -0.2) is 4.98 Å². The van der Waals surface area contributed by atoms with Gasteiger partial charge in [0.2, 0.25) is 0 Å². The van der Waals surface area contributed by atoms with Crippen LogP contribution >= 0.6 is 0 Å². The Labute approximate surface area is 103 Å². The third-order valence-corrected chi connectivity index (χ3v) is 2.80. The van der Waals surface area contributed by atoms with E-state index in [1.807, 2.05) is 13.0 Å². The Morgan fingerprint density at radius 2 is 2.06 bits per heavy atom. The molecular weight excluding hydrogens is 231 g/mol. The zero-order valence-corrected chi connectivity index (χ0v) is 9.77. The number of benzene rings is 1. The van der Waals surface area contributed by atoms with E-state index in [0.29, 0.717) is 22.5 Å². The Balaban J connectivity index is 2.22. The van der Waals surface area contributed by atoms with Gasteiger partial charge in [0.15, 0.2) is 0 Å². The molecule has 2 N–H and O–H groups in total. The summed E-state index contributed by atoms with van der Waals surface area (Å²) in [6, 6.07) is 8.07. The molecule has 2 aromatic heterocycles. The SMILES string of the molecule is Cc1cnc(N)c(-c2cc3cc(F)ccc3o2)c1. The topological polar surface area (TPSA) is 52.0 Å². The molecule has 0 atom stereocenters. The molecule has 0 aliphatic rings. The van der Waals surface area contributed by atoms with Crippen LogP contribution in [0.2, 0.25) is 0 Å². The molecule has 4 heteroatoms. The van der Waals surface area contributed by atoms with Crippen LogP contribution in [0.25, 0.3) is 22.3 Å². The van der Waals surface area contributed by atoms with Crippen molar-refractivity contribution < 1.29 is 8.81 Å². The average molecular weight is 242 g/mol. The summed E-state index contributed by atoms with van der Waals surface area (Å²) >= 11 is 0. The molecular formula is C14H11FN2O. The largest absolute Gasteiger partial charge is 0.456 e. The van der Waals surface area contributed by atoms with Crippen LogP contribution in [-0.2, 0) is 0 Å². The summed E-state index contributed by atoms with van der Waals surface area (Å²) in [5, 5.41) is 0.714. The molecule has 0 saturated carbocycles. The van der Waals surface area contributed by atoms with Gasteiger partial charge in [-0.15, -0.1) is 0 Å². The highest BCUT2D eigenvalue weighted by molar-refractivity contribution is 5.85. The molecule has 2 heterocycles. The standard InChI is InChI=1S/C14H11FN2O/c1-8-4-11(14(16)17-7-8)13-6-9-5-10(15)2-3-12(9)18-13/h2-7H,1H3,(H2,16,17). The van der Waals surface area contributed by atoms with Crippen LogP contribution in [0.15, 0.2) is 40.9 Å². The van der Waals surface area contributed by atoms with Crippen molar-refractivity contribution in [1.29, 1.82) is 0 Å². The Kier molecular flexibility index (Phi) is 2.30. The van der Waals surface area contributed by atoms with E-state index in [9.17, 15) is 4.39 Å². The average Bonchev–Trinajstić information content (AvgIpc) is 2.74. The molecule has 18 heavy (non-hydrogen) atoms. The summed E-state index contributed by atoms with van der Waals surface area (Å²) < 4.78 is 18.8. The van der Waals surface area contributed by atoms with Crippen molar-refractivity contribution in [3.8, 4) is 11.3 Å². The molecule has 1 aromatic carbocycles. The molecule has 0 amide bonds. The van der Waals surface area contributed by atoms with Crippen LogP contribution in [0, 0.1) is 12.7 Å². The molecule has 0 saturated heterocycles. The minimum Gasteiger partial charge on any atom is -0.456 e. The van der Waals surface area contributed by atoms with Gasteiger partial charge in [-0.3, -0.25) is 0 Å². The number of nitrogens with zero attached hydrogens (tertiary/aromatic N) is 1. The Bertz CT molecular complexity index is 734. The van der Waals surface area contributed by atoms with Gasteiger partial charge in [-0.05, 0) is 42.8 Å². The van der Waals surface area contributed by atoms with Crippen LogP contribution < -0.4 is 5.73 Å².